The maximum Gasteiger partial charge on any atom is 0.272 e. The van der Waals surface area contributed by atoms with Crippen molar-refractivity contribution in [1.82, 2.24) is 29.3 Å². The summed E-state index contributed by atoms with van der Waals surface area (Å²) in [5.41, 5.74) is 3.44. The molecule has 8 nitrogen and oxygen atoms in total. The fourth-order valence-corrected chi connectivity index (χ4v) is 3.66. The van der Waals surface area contributed by atoms with Gasteiger partial charge in [0.25, 0.3) is 11.5 Å². The number of fused-ring (bicyclic) bond motifs is 1. The second kappa shape index (κ2) is 6.12. The zero-order chi connectivity index (χ0) is 18.4. The third-order valence-corrected chi connectivity index (χ3v) is 5.19. The molecular formula is C18H22N6O2. The zero-order valence-electron chi connectivity index (χ0n) is 15.2. The first-order chi connectivity index (χ1) is 12.5. The molecule has 0 spiro atoms. The molecule has 1 aliphatic rings. The van der Waals surface area contributed by atoms with Gasteiger partial charge in [-0.1, -0.05) is 0 Å². The predicted octanol–water partition coefficient (Wildman–Crippen LogP) is 1.74. The van der Waals surface area contributed by atoms with E-state index in [2.05, 4.69) is 15.2 Å². The van der Waals surface area contributed by atoms with Crippen LogP contribution < -0.4 is 5.56 Å². The van der Waals surface area contributed by atoms with Crippen molar-refractivity contribution in [3.05, 3.63) is 51.3 Å². The molecule has 1 atom stereocenters. The van der Waals surface area contributed by atoms with E-state index in [1.165, 1.54) is 10.6 Å². The van der Waals surface area contributed by atoms with Crippen LogP contribution >= 0.6 is 0 Å². The highest BCUT2D eigenvalue weighted by molar-refractivity contribution is 5.95. The predicted molar refractivity (Wildman–Crippen MR) is 96.1 cm³/mol. The lowest BCUT2D eigenvalue weighted by molar-refractivity contribution is 0.0605. The number of hydrogen-bond donors (Lipinski definition) is 1. The van der Waals surface area contributed by atoms with Crippen LogP contribution in [0.15, 0.2) is 23.1 Å². The van der Waals surface area contributed by atoms with Crippen molar-refractivity contribution in [2.45, 2.75) is 39.2 Å². The molecule has 1 saturated heterocycles. The Kier molecular flexibility index (Phi) is 3.90. The van der Waals surface area contributed by atoms with E-state index >= 15 is 0 Å². The Morgan fingerprint density at radius 2 is 2.08 bits per heavy atom. The van der Waals surface area contributed by atoms with E-state index in [1.807, 2.05) is 24.9 Å². The summed E-state index contributed by atoms with van der Waals surface area (Å²) < 4.78 is 3.15. The average molecular weight is 354 g/mol. The van der Waals surface area contributed by atoms with Crippen LogP contribution in [0.25, 0.3) is 5.65 Å². The summed E-state index contributed by atoms with van der Waals surface area (Å²) in [4.78, 5) is 31.6. The Bertz CT molecular complexity index is 1040. The number of amides is 1. The number of piperidine rings is 1. The number of hydrogen-bond acceptors (Lipinski definition) is 4. The van der Waals surface area contributed by atoms with E-state index in [0.717, 1.165) is 30.7 Å². The summed E-state index contributed by atoms with van der Waals surface area (Å²) in [6.07, 6.45) is 4.49. The molecule has 4 heterocycles. The lowest BCUT2D eigenvalue weighted by atomic mass is 9.98. The third kappa shape index (κ3) is 2.61. The molecule has 0 radical (unpaired) electrons. The zero-order valence-corrected chi connectivity index (χ0v) is 15.2. The summed E-state index contributed by atoms with van der Waals surface area (Å²) in [5, 5.41) is 7.34. The van der Waals surface area contributed by atoms with Crippen molar-refractivity contribution in [2.24, 2.45) is 7.05 Å². The Morgan fingerprint density at radius 3 is 2.81 bits per heavy atom. The van der Waals surface area contributed by atoms with Gasteiger partial charge in [0.05, 0.1) is 23.5 Å². The first-order valence-electron chi connectivity index (χ1n) is 8.84. The van der Waals surface area contributed by atoms with E-state index in [1.54, 1.807) is 17.8 Å². The Hall–Kier alpha value is -2.90. The fraction of sp³-hybridized carbons (Fsp3) is 0.444. The van der Waals surface area contributed by atoms with E-state index in [9.17, 15) is 9.59 Å². The quantitative estimate of drug-likeness (QED) is 0.759. The van der Waals surface area contributed by atoms with Crippen LogP contribution in [0.1, 0.15) is 52.7 Å². The molecule has 0 saturated carbocycles. The van der Waals surface area contributed by atoms with E-state index < -0.39 is 0 Å². The minimum absolute atomic E-state index is 0.0181. The molecule has 1 aliphatic heterocycles. The van der Waals surface area contributed by atoms with Gasteiger partial charge in [0, 0.05) is 37.1 Å². The van der Waals surface area contributed by atoms with Gasteiger partial charge in [-0.15, -0.1) is 0 Å². The molecule has 26 heavy (non-hydrogen) atoms. The molecule has 0 unspecified atom stereocenters. The molecule has 0 aromatic carbocycles. The van der Waals surface area contributed by atoms with Gasteiger partial charge >= 0.3 is 0 Å². The molecule has 1 amide bonds. The lowest BCUT2D eigenvalue weighted by Gasteiger charge is -2.35. The highest BCUT2D eigenvalue weighted by Gasteiger charge is 2.31. The summed E-state index contributed by atoms with van der Waals surface area (Å²) in [6.45, 7) is 4.39. The van der Waals surface area contributed by atoms with Gasteiger partial charge in [-0.2, -0.15) is 5.10 Å². The monoisotopic (exact) mass is 354 g/mol. The van der Waals surface area contributed by atoms with Gasteiger partial charge in [-0.25, -0.2) is 9.50 Å². The Labute approximate surface area is 150 Å². The molecule has 4 rings (SSSR count). The van der Waals surface area contributed by atoms with Crippen LogP contribution in [0.5, 0.6) is 0 Å². The first-order valence-corrected chi connectivity index (χ1v) is 8.84. The Morgan fingerprint density at radius 1 is 1.27 bits per heavy atom. The number of nitrogens with zero attached hydrogens (tertiary/aromatic N) is 5. The normalized spacial score (nSPS) is 17.8. The highest BCUT2D eigenvalue weighted by atomic mass is 16.2. The van der Waals surface area contributed by atoms with Crippen molar-refractivity contribution < 1.29 is 4.79 Å². The van der Waals surface area contributed by atoms with Crippen LogP contribution in [0.2, 0.25) is 0 Å². The maximum absolute atomic E-state index is 13.1. The van der Waals surface area contributed by atoms with E-state index in [-0.39, 0.29) is 17.5 Å². The van der Waals surface area contributed by atoms with Crippen molar-refractivity contribution in [3.8, 4) is 0 Å². The van der Waals surface area contributed by atoms with Gasteiger partial charge in [-0.3, -0.25) is 19.4 Å². The lowest BCUT2D eigenvalue weighted by Crippen LogP contribution is -2.39. The van der Waals surface area contributed by atoms with Crippen molar-refractivity contribution in [3.63, 3.8) is 0 Å². The van der Waals surface area contributed by atoms with Crippen molar-refractivity contribution in [2.75, 3.05) is 6.54 Å². The second-order valence-corrected chi connectivity index (χ2v) is 6.92. The minimum Gasteiger partial charge on any atom is -0.330 e. The smallest absolute Gasteiger partial charge is 0.272 e. The summed E-state index contributed by atoms with van der Waals surface area (Å²) in [7, 11) is 1.83. The number of H-pyrrole nitrogens is 1. The molecule has 8 heteroatoms. The van der Waals surface area contributed by atoms with Gasteiger partial charge in [0.15, 0.2) is 5.65 Å². The third-order valence-electron chi connectivity index (χ3n) is 5.19. The topological polar surface area (TPSA) is 88.3 Å². The molecule has 136 valence electrons. The molecule has 1 N–H and O–H groups in total. The van der Waals surface area contributed by atoms with Gasteiger partial charge < -0.3 is 4.90 Å². The molecule has 3 aromatic heterocycles. The number of carbonyl (C=O) groups excluding carboxylic acids is 1. The largest absolute Gasteiger partial charge is 0.330 e. The summed E-state index contributed by atoms with van der Waals surface area (Å²) in [5.74, 6) is -0.0181. The molecule has 0 aliphatic carbocycles. The average Bonchev–Trinajstić information content (AvgIpc) is 3.19. The van der Waals surface area contributed by atoms with Crippen LogP contribution in [-0.4, -0.2) is 41.7 Å². The first kappa shape index (κ1) is 16.6. The van der Waals surface area contributed by atoms with Crippen molar-refractivity contribution >= 4 is 11.6 Å². The fourth-order valence-electron chi connectivity index (χ4n) is 3.66. The number of likely N-dealkylation sites (tertiary alicyclic amines) is 1. The number of carbonyl (C=O) groups is 1. The van der Waals surface area contributed by atoms with E-state index in [0.29, 0.717) is 23.4 Å². The summed E-state index contributed by atoms with van der Waals surface area (Å²) >= 11 is 0. The number of aromatic nitrogens is 5. The van der Waals surface area contributed by atoms with Gasteiger partial charge in [0.1, 0.15) is 0 Å². The molecule has 3 aromatic rings. The minimum atomic E-state index is -0.143. The molecule has 1 fully saturated rings. The second-order valence-electron chi connectivity index (χ2n) is 6.92. The van der Waals surface area contributed by atoms with E-state index in [4.69, 9.17) is 0 Å². The van der Waals surface area contributed by atoms with Crippen LogP contribution in [0, 0.1) is 13.8 Å². The maximum atomic E-state index is 13.1. The summed E-state index contributed by atoms with van der Waals surface area (Å²) in [6, 6.07) is 3.27. The highest BCUT2D eigenvalue weighted by Crippen LogP contribution is 2.32. The molecular weight excluding hydrogens is 332 g/mol. The Balaban J connectivity index is 1.74. The number of aromatic amines is 1. The van der Waals surface area contributed by atoms with Crippen LogP contribution in [0.4, 0.5) is 0 Å². The van der Waals surface area contributed by atoms with Crippen molar-refractivity contribution in [1.29, 1.82) is 0 Å². The number of aryl methyl sites for hydroxylation is 2. The standard InChI is InChI=1S/C18H22N6O2/c1-11-8-17(25)24-16(20-11)9-14(21-24)15-6-4-5-7-23(15)18(26)13-10-19-22(3)12(13)2/h8-10,15,21H,4-7H2,1-3H3/t15-/m0/s1. The molecule has 0 bridgehead atoms. The van der Waals surface area contributed by atoms with Crippen LogP contribution in [0.3, 0.4) is 0 Å². The van der Waals surface area contributed by atoms with Crippen LogP contribution in [-0.2, 0) is 7.05 Å². The SMILES string of the molecule is Cc1cc(=O)n2[nH]c([C@@H]3CCCCN3C(=O)c3cnn(C)c3C)cc2n1. The number of nitrogens with one attached hydrogen (secondary N) is 1. The van der Waals surface area contributed by atoms with Gasteiger partial charge in [-0.05, 0) is 33.1 Å². The number of rotatable bonds is 2. The van der Waals surface area contributed by atoms with Gasteiger partial charge in [0.2, 0.25) is 0 Å².